The highest BCUT2D eigenvalue weighted by atomic mass is 19.1. The number of hydrazine groups is 1. The number of carbonyl (C=O) groups is 1. The first-order valence-electron chi connectivity index (χ1n) is 9.30. The Hall–Kier alpha value is -2.58. The lowest BCUT2D eigenvalue weighted by molar-refractivity contribution is -0.137. The lowest BCUT2D eigenvalue weighted by atomic mass is 9.93. The zero-order chi connectivity index (χ0) is 18.8. The van der Waals surface area contributed by atoms with Crippen molar-refractivity contribution in [1.29, 1.82) is 0 Å². The first-order valence-corrected chi connectivity index (χ1v) is 9.30. The first-order chi connectivity index (χ1) is 13.1. The molecule has 0 spiro atoms. The highest BCUT2D eigenvalue weighted by Gasteiger charge is 2.35. The maximum Gasteiger partial charge on any atom is 0.241 e. The molecule has 1 aromatic heterocycles. The van der Waals surface area contributed by atoms with Gasteiger partial charge in [-0.3, -0.25) is 10.2 Å². The van der Waals surface area contributed by atoms with Gasteiger partial charge in [-0.25, -0.2) is 19.8 Å². The van der Waals surface area contributed by atoms with E-state index >= 15 is 0 Å². The topological polar surface area (TPSA) is 96.2 Å². The van der Waals surface area contributed by atoms with E-state index in [4.69, 9.17) is 5.73 Å². The third-order valence-corrected chi connectivity index (χ3v) is 5.23. The number of amides is 1. The van der Waals surface area contributed by atoms with Crippen LogP contribution in [0.1, 0.15) is 37.4 Å². The second-order valence-corrected chi connectivity index (χ2v) is 6.99. The molecule has 4 rings (SSSR count). The van der Waals surface area contributed by atoms with Crippen molar-refractivity contribution in [2.24, 2.45) is 0 Å². The molecule has 3 heterocycles. The average Bonchev–Trinajstić information content (AvgIpc) is 3.23. The predicted molar refractivity (Wildman–Crippen MR) is 99.7 cm³/mol. The van der Waals surface area contributed by atoms with E-state index in [0.717, 1.165) is 49.0 Å². The number of rotatable bonds is 3. The molecule has 2 aliphatic heterocycles. The summed E-state index contributed by atoms with van der Waals surface area (Å²) in [5, 5.41) is 0. The van der Waals surface area contributed by atoms with Crippen LogP contribution in [0.4, 0.5) is 10.3 Å². The maximum atomic E-state index is 13.3. The van der Waals surface area contributed by atoms with Gasteiger partial charge in [0.05, 0.1) is 11.7 Å². The van der Waals surface area contributed by atoms with Gasteiger partial charge in [0.2, 0.25) is 11.9 Å². The fourth-order valence-corrected chi connectivity index (χ4v) is 3.86. The van der Waals surface area contributed by atoms with Crippen LogP contribution in [0.3, 0.4) is 0 Å². The SMILES string of the molecule is Nc1ncc(-c2ccc(F)cc2)c(C2CCCCN2C(=O)C2CCNN2)n1. The van der Waals surface area contributed by atoms with E-state index < -0.39 is 0 Å². The molecule has 0 saturated carbocycles. The van der Waals surface area contributed by atoms with Crippen molar-refractivity contribution < 1.29 is 9.18 Å². The van der Waals surface area contributed by atoms with Crippen LogP contribution in [0.5, 0.6) is 0 Å². The molecular formula is C19H23FN6O. The van der Waals surface area contributed by atoms with Gasteiger partial charge in [0.1, 0.15) is 11.9 Å². The summed E-state index contributed by atoms with van der Waals surface area (Å²) in [6, 6.07) is 5.83. The minimum atomic E-state index is -0.300. The monoisotopic (exact) mass is 370 g/mol. The lowest BCUT2D eigenvalue weighted by Gasteiger charge is -2.37. The fraction of sp³-hybridized carbons (Fsp3) is 0.421. The van der Waals surface area contributed by atoms with Gasteiger partial charge in [-0.05, 0) is 43.4 Å². The molecule has 0 aliphatic carbocycles. The molecule has 8 heteroatoms. The number of nitrogens with zero attached hydrogens (tertiary/aromatic N) is 3. The van der Waals surface area contributed by atoms with Gasteiger partial charge in [-0.2, -0.15) is 0 Å². The summed E-state index contributed by atoms with van der Waals surface area (Å²) in [4.78, 5) is 23.6. The van der Waals surface area contributed by atoms with Gasteiger partial charge in [0.25, 0.3) is 0 Å². The number of hydrogen-bond acceptors (Lipinski definition) is 6. The van der Waals surface area contributed by atoms with Crippen LogP contribution < -0.4 is 16.6 Å². The minimum absolute atomic E-state index is 0.0759. The van der Waals surface area contributed by atoms with Crippen molar-refractivity contribution in [2.75, 3.05) is 18.8 Å². The standard InChI is InChI=1S/C19H23FN6O/c20-13-6-4-12(5-7-13)14-11-22-19(21)24-17(14)16-3-1-2-10-26(16)18(27)15-8-9-23-25-15/h4-7,11,15-16,23,25H,1-3,8-10H2,(H2,21,22,24). The largest absolute Gasteiger partial charge is 0.368 e. The molecule has 27 heavy (non-hydrogen) atoms. The smallest absolute Gasteiger partial charge is 0.241 e. The van der Waals surface area contributed by atoms with Crippen molar-refractivity contribution in [1.82, 2.24) is 25.7 Å². The zero-order valence-electron chi connectivity index (χ0n) is 15.0. The molecule has 7 nitrogen and oxygen atoms in total. The van der Waals surface area contributed by atoms with Crippen LogP contribution in [-0.4, -0.2) is 39.9 Å². The van der Waals surface area contributed by atoms with Gasteiger partial charge in [-0.1, -0.05) is 12.1 Å². The minimum Gasteiger partial charge on any atom is -0.368 e. The number of nitrogen functional groups attached to an aromatic ring is 1. The number of likely N-dealkylation sites (tertiary alicyclic amines) is 1. The summed E-state index contributed by atoms with van der Waals surface area (Å²) >= 11 is 0. The molecule has 142 valence electrons. The molecule has 2 saturated heterocycles. The van der Waals surface area contributed by atoms with Crippen LogP contribution in [0.25, 0.3) is 11.1 Å². The van der Waals surface area contributed by atoms with Crippen LogP contribution in [0, 0.1) is 5.82 Å². The number of nitrogens with two attached hydrogens (primary N) is 1. The Morgan fingerprint density at radius 2 is 2.04 bits per heavy atom. The molecule has 2 aliphatic rings. The third kappa shape index (κ3) is 3.63. The Kier molecular flexibility index (Phi) is 5.00. The van der Waals surface area contributed by atoms with Crippen molar-refractivity contribution in [3.63, 3.8) is 0 Å². The van der Waals surface area contributed by atoms with Crippen LogP contribution >= 0.6 is 0 Å². The number of hydrogen-bond donors (Lipinski definition) is 3. The molecule has 0 radical (unpaired) electrons. The normalized spacial score (nSPS) is 22.8. The van der Waals surface area contributed by atoms with E-state index in [1.807, 2.05) is 4.90 Å². The molecule has 4 N–H and O–H groups in total. The maximum absolute atomic E-state index is 13.3. The Labute approximate surface area is 157 Å². The van der Waals surface area contributed by atoms with Crippen molar-refractivity contribution >= 4 is 11.9 Å². The molecule has 2 unspecified atom stereocenters. The van der Waals surface area contributed by atoms with Crippen LogP contribution in [0.2, 0.25) is 0 Å². The number of halogens is 1. The quantitative estimate of drug-likeness (QED) is 0.762. The summed E-state index contributed by atoms with van der Waals surface area (Å²) < 4.78 is 13.3. The van der Waals surface area contributed by atoms with Gasteiger partial charge in [0, 0.05) is 24.8 Å². The number of nitrogens with one attached hydrogen (secondary N) is 2. The third-order valence-electron chi connectivity index (χ3n) is 5.23. The van der Waals surface area contributed by atoms with Gasteiger partial charge >= 0.3 is 0 Å². The number of carbonyl (C=O) groups excluding carboxylic acids is 1. The van der Waals surface area contributed by atoms with E-state index in [9.17, 15) is 9.18 Å². The number of benzene rings is 1. The molecule has 1 aromatic carbocycles. The zero-order valence-corrected chi connectivity index (χ0v) is 15.0. The van der Waals surface area contributed by atoms with Crippen molar-refractivity contribution in [3.8, 4) is 11.1 Å². The summed E-state index contributed by atoms with van der Waals surface area (Å²) in [6.45, 7) is 1.46. The van der Waals surface area contributed by atoms with Crippen molar-refractivity contribution in [3.05, 3.63) is 42.0 Å². The summed E-state index contributed by atoms with van der Waals surface area (Å²) in [7, 11) is 0. The van der Waals surface area contributed by atoms with E-state index in [1.165, 1.54) is 12.1 Å². The number of piperidine rings is 1. The Morgan fingerprint density at radius 3 is 2.78 bits per heavy atom. The van der Waals surface area contributed by atoms with Gasteiger partial charge in [-0.15, -0.1) is 0 Å². The molecule has 2 aromatic rings. The fourth-order valence-electron chi connectivity index (χ4n) is 3.86. The number of aromatic nitrogens is 2. The molecular weight excluding hydrogens is 347 g/mol. The van der Waals surface area contributed by atoms with E-state index in [0.29, 0.717) is 6.54 Å². The molecule has 2 fully saturated rings. The Bertz CT molecular complexity index is 821. The second kappa shape index (κ2) is 7.58. The molecule has 1 amide bonds. The summed E-state index contributed by atoms with van der Waals surface area (Å²) in [6.07, 6.45) is 5.22. The average molecular weight is 370 g/mol. The summed E-state index contributed by atoms with van der Waals surface area (Å²) in [5.74, 6) is -0.0487. The van der Waals surface area contributed by atoms with E-state index in [2.05, 4.69) is 20.8 Å². The summed E-state index contributed by atoms with van der Waals surface area (Å²) in [5.41, 5.74) is 14.3. The predicted octanol–water partition coefficient (Wildman–Crippen LogP) is 1.78. The molecule has 2 atom stereocenters. The van der Waals surface area contributed by atoms with Crippen LogP contribution in [-0.2, 0) is 4.79 Å². The second-order valence-electron chi connectivity index (χ2n) is 6.99. The highest BCUT2D eigenvalue weighted by Crippen LogP contribution is 2.36. The highest BCUT2D eigenvalue weighted by molar-refractivity contribution is 5.83. The number of anilines is 1. The Balaban J connectivity index is 1.72. The van der Waals surface area contributed by atoms with Gasteiger partial charge in [0.15, 0.2) is 0 Å². The van der Waals surface area contributed by atoms with E-state index in [-0.39, 0.29) is 29.8 Å². The van der Waals surface area contributed by atoms with E-state index in [1.54, 1.807) is 18.3 Å². The van der Waals surface area contributed by atoms with Crippen LogP contribution in [0.15, 0.2) is 30.5 Å². The Morgan fingerprint density at radius 1 is 1.22 bits per heavy atom. The van der Waals surface area contributed by atoms with Crippen molar-refractivity contribution in [2.45, 2.75) is 37.8 Å². The first kappa shape index (κ1) is 17.8. The lowest BCUT2D eigenvalue weighted by Crippen LogP contribution is -2.48. The van der Waals surface area contributed by atoms with Gasteiger partial charge < -0.3 is 10.6 Å². The molecule has 0 bridgehead atoms.